The maximum absolute atomic E-state index is 12.3. The molecule has 110 valence electrons. The smallest absolute Gasteiger partial charge is 0.255 e. The van der Waals surface area contributed by atoms with E-state index in [2.05, 4.69) is 38.5 Å². The predicted octanol–water partition coefficient (Wildman–Crippen LogP) is 3.44. The van der Waals surface area contributed by atoms with E-state index >= 15 is 0 Å². The molecule has 0 saturated heterocycles. The van der Waals surface area contributed by atoms with Crippen LogP contribution in [0.3, 0.4) is 0 Å². The lowest BCUT2D eigenvalue weighted by Crippen LogP contribution is -2.31. The van der Waals surface area contributed by atoms with E-state index in [9.17, 15) is 4.79 Å². The number of nitrogens with one attached hydrogen (secondary N) is 2. The zero-order chi connectivity index (χ0) is 14.5. The fourth-order valence-corrected chi connectivity index (χ4v) is 3.10. The molecule has 1 aromatic heterocycles. The average Bonchev–Trinajstić information content (AvgIpc) is 2.84. The van der Waals surface area contributed by atoms with Crippen molar-refractivity contribution in [2.24, 2.45) is 11.8 Å². The first kappa shape index (κ1) is 15.3. The molecule has 0 spiro atoms. The Hall–Kier alpha value is -1.10. The number of pyridine rings is 1. The summed E-state index contributed by atoms with van der Waals surface area (Å²) in [5.74, 6) is 1.92. The lowest BCUT2D eigenvalue weighted by atomic mass is 9.98. The monoisotopic (exact) mass is 339 g/mol. The van der Waals surface area contributed by atoms with Crippen LogP contribution in [0.2, 0.25) is 0 Å². The molecule has 1 heterocycles. The summed E-state index contributed by atoms with van der Waals surface area (Å²) < 4.78 is 0.818. The number of rotatable bonds is 5. The molecule has 2 N–H and O–H groups in total. The van der Waals surface area contributed by atoms with E-state index in [1.165, 1.54) is 19.3 Å². The van der Waals surface area contributed by atoms with Crippen LogP contribution in [0.25, 0.3) is 0 Å². The number of hydrogen-bond acceptors (Lipinski definition) is 3. The Morgan fingerprint density at radius 1 is 1.50 bits per heavy atom. The summed E-state index contributed by atoms with van der Waals surface area (Å²) >= 11 is 3.37. The Balaban J connectivity index is 2.02. The van der Waals surface area contributed by atoms with Gasteiger partial charge in [0.05, 0.1) is 5.56 Å². The molecular weight excluding hydrogens is 318 g/mol. The van der Waals surface area contributed by atoms with Crippen molar-refractivity contribution in [3.63, 3.8) is 0 Å². The molecule has 5 heteroatoms. The molecule has 0 aromatic carbocycles. The molecule has 4 nitrogen and oxygen atoms in total. The van der Waals surface area contributed by atoms with Crippen LogP contribution in [-0.2, 0) is 0 Å². The zero-order valence-electron chi connectivity index (χ0n) is 12.1. The van der Waals surface area contributed by atoms with Crippen molar-refractivity contribution >= 4 is 27.7 Å². The molecule has 0 radical (unpaired) electrons. The Kier molecular flexibility index (Phi) is 5.40. The fraction of sp³-hybridized carbons (Fsp3) is 0.600. The summed E-state index contributed by atoms with van der Waals surface area (Å²) in [6.07, 6.45) is 5.48. The van der Waals surface area contributed by atoms with Gasteiger partial charge < -0.3 is 10.6 Å². The Morgan fingerprint density at radius 2 is 2.30 bits per heavy atom. The third kappa shape index (κ3) is 3.72. The number of aromatic nitrogens is 1. The van der Waals surface area contributed by atoms with Gasteiger partial charge in [0, 0.05) is 23.8 Å². The lowest BCUT2D eigenvalue weighted by molar-refractivity contribution is 0.0945. The van der Waals surface area contributed by atoms with E-state index in [1.54, 1.807) is 6.20 Å². The summed E-state index contributed by atoms with van der Waals surface area (Å²) in [5.41, 5.74) is 0.604. The molecule has 1 amide bonds. The van der Waals surface area contributed by atoms with Crippen LogP contribution >= 0.6 is 15.9 Å². The highest BCUT2D eigenvalue weighted by molar-refractivity contribution is 9.10. The Morgan fingerprint density at radius 3 is 2.95 bits per heavy atom. The van der Waals surface area contributed by atoms with E-state index < -0.39 is 0 Å². The van der Waals surface area contributed by atoms with Crippen molar-refractivity contribution in [2.75, 3.05) is 18.4 Å². The molecule has 1 aliphatic rings. The number of anilines is 1. The Bertz CT molecular complexity index is 478. The largest absolute Gasteiger partial charge is 0.370 e. The molecule has 2 atom stereocenters. The third-order valence-corrected chi connectivity index (χ3v) is 4.44. The van der Waals surface area contributed by atoms with Crippen molar-refractivity contribution in [3.8, 4) is 0 Å². The molecule has 2 rings (SSSR count). The van der Waals surface area contributed by atoms with Gasteiger partial charge >= 0.3 is 0 Å². The van der Waals surface area contributed by atoms with Crippen molar-refractivity contribution in [2.45, 2.75) is 33.1 Å². The zero-order valence-corrected chi connectivity index (χ0v) is 13.7. The van der Waals surface area contributed by atoms with E-state index in [0.717, 1.165) is 17.6 Å². The minimum atomic E-state index is -0.0474. The third-order valence-electron chi connectivity index (χ3n) is 4.01. The predicted molar refractivity (Wildman–Crippen MR) is 84.9 cm³/mol. The van der Waals surface area contributed by atoms with Gasteiger partial charge in [-0.2, -0.15) is 0 Å². The van der Waals surface area contributed by atoms with E-state index in [1.807, 2.05) is 13.0 Å². The van der Waals surface area contributed by atoms with Gasteiger partial charge in [0.15, 0.2) is 0 Å². The van der Waals surface area contributed by atoms with Crippen molar-refractivity contribution < 1.29 is 4.79 Å². The molecular formula is C15H22BrN3O. The van der Waals surface area contributed by atoms with Gasteiger partial charge in [-0.25, -0.2) is 4.98 Å². The SMILES string of the molecule is CCNc1ncc(Br)cc1C(=O)NCC1CCCC1C. The van der Waals surface area contributed by atoms with E-state index in [0.29, 0.717) is 23.2 Å². The second-order valence-electron chi connectivity index (χ2n) is 5.46. The molecule has 1 aliphatic carbocycles. The molecule has 1 saturated carbocycles. The van der Waals surface area contributed by atoms with Crippen LogP contribution in [0.5, 0.6) is 0 Å². The molecule has 1 aromatic rings. The van der Waals surface area contributed by atoms with Crippen LogP contribution in [0, 0.1) is 11.8 Å². The number of hydrogen-bond donors (Lipinski definition) is 2. The Labute approximate surface area is 128 Å². The van der Waals surface area contributed by atoms with Crippen LogP contribution < -0.4 is 10.6 Å². The van der Waals surface area contributed by atoms with Gasteiger partial charge in [-0.3, -0.25) is 4.79 Å². The van der Waals surface area contributed by atoms with Crippen LogP contribution in [-0.4, -0.2) is 24.0 Å². The van der Waals surface area contributed by atoms with Gasteiger partial charge in [-0.05, 0) is 47.2 Å². The first-order chi connectivity index (χ1) is 9.61. The summed E-state index contributed by atoms with van der Waals surface area (Å²) in [6, 6.07) is 1.82. The summed E-state index contributed by atoms with van der Waals surface area (Å²) in [4.78, 5) is 16.6. The van der Waals surface area contributed by atoms with Gasteiger partial charge in [-0.15, -0.1) is 0 Å². The van der Waals surface area contributed by atoms with Crippen molar-refractivity contribution in [1.29, 1.82) is 0 Å². The van der Waals surface area contributed by atoms with Gasteiger partial charge in [0.25, 0.3) is 5.91 Å². The van der Waals surface area contributed by atoms with Gasteiger partial charge in [-0.1, -0.05) is 19.8 Å². The molecule has 0 bridgehead atoms. The number of amides is 1. The van der Waals surface area contributed by atoms with Crippen LogP contribution in [0.4, 0.5) is 5.82 Å². The quantitative estimate of drug-likeness (QED) is 0.863. The highest BCUT2D eigenvalue weighted by Gasteiger charge is 2.24. The van der Waals surface area contributed by atoms with E-state index in [4.69, 9.17) is 0 Å². The first-order valence-corrected chi connectivity index (χ1v) is 8.08. The summed E-state index contributed by atoms with van der Waals surface area (Å²) in [6.45, 7) is 5.77. The first-order valence-electron chi connectivity index (χ1n) is 7.29. The number of carbonyl (C=O) groups is 1. The highest BCUT2D eigenvalue weighted by atomic mass is 79.9. The maximum Gasteiger partial charge on any atom is 0.255 e. The van der Waals surface area contributed by atoms with Crippen molar-refractivity contribution in [3.05, 3.63) is 22.3 Å². The summed E-state index contributed by atoms with van der Waals surface area (Å²) in [7, 11) is 0. The molecule has 20 heavy (non-hydrogen) atoms. The minimum absolute atomic E-state index is 0.0474. The second kappa shape index (κ2) is 7.07. The normalized spacial score (nSPS) is 21.8. The number of nitrogens with zero attached hydrogens (tertiary/aromatic N) is 1. The lowest BCUT2D eigenvalue weighted by Gasteiger charge is -2.17. The summed E-state index contributed by atoms with van der Waals surface area (Å²) in [5, 5.41) is 6.19. The topological polar surface area (TPSA) is 54.0 Å². The molecule has 2 unspecified atom stereocenters. The van der Waals surface area contributed by atoms with Gasteiger partial charge in [0.2, 0.25) is 0 Å². The molecule has 0 aliphatic heterocycles. The van der Waals surface area contributed by atoms with E-state index in [-0.39, 0.29) is 5.91 Å². The fourth-order valence-electron chi connectivity index (χ4n) is 2.77. The van der Waals surface area contributed by atoms with Gasteiger partial charge in [0.1, 0.15) is 5.82 Å². The minimum Gasteiger partial charge on any atom is -0.370 e. The highest BCUT2D eigenvalue weighted by Crippen LogP contribution is 2.30. The van der Waals surface area contributed by atoms with Crippen molar-refractivity contribution in [1.82, 2.24) is 10.3 Å². The average molecular weight is 340 g/mol. The standard InChI is InChI=1S/C15H22BrN3O/c1-3-17-14-13(7-12(16)9-18-14)15(20)19-8-11-6-4-5-10(11)2/h7,9-11H,3-6,8H2,1-2H3,(H,17,18)(H,19,20). The maximum atomic E-state index is 12.3. The second-order valence-corrected chi connectivity index (χ2v) is 6.37. The number of halogens is 1. The number of carbonyl (C=O) groups excluding carboxylic acids is 1. The molecule has 1 fully saturated rings. The van der Waals surface area contributed by atoms with Crippen LogP contribution in [0.1, 0.15) is 43.5 Å². The van der Waals surface area contributed by atoms with Crippen LogP contribution in [0.15, 0.2) is 16.7 Å².